The number of fused-ring (bicyclic) bond motifs is 4. The summed E-state index contributed by atoms with van der Waals surface area (Å²) in [6.07, 6.45) is 4.63. The van der Waals surface area contributed by atoms with Crippen LogP contribution in [0.3, 0.4) is 0 Å². The summed E-state index contributed by atoms with van der Waals surface area (Å²) in [5.74, 6) is -0.215. The van der Waals surface area contributed by atoms with Crippen LogP contribution in [-0.4, -0.2) is 61.2 Å². The number of hydrogen-bond donors (Lipinski definition) is 1. The topological polar surface area (TPSA) is 59.0 Å². The molecule has 5 nitrogen and oxygen atoms in total. The number of aliphatic hydroxyl groups is 1. The summed E-state index contributed by atoms with van der Waals surface area (Å²) in [6, 6.07) is 0. The lowest BCUT2D eigenvalue weighted by Crippen LogP contribution is -2.82. The van der Waals surface area contributed by atoms with Gasteiger partial charge in [0.2, 0.25) is 0 Å². The molecule has 4 fully saturated rings. The molecule has 6 unspecified atom stereocenters. The minimum atomic E-state index is -1.96. The van der Waals surface area contributed by atoms with Gasteiger partial charge in [-0.1, -0.05) is 27.7 Å². The first-order valence-electron chi connectivity index (χ1n) is 11.3. The van der Waals surface area contributed by atoms with E-state index in [4.69, 9.17) is 9.16 Å². The minimum Gasteiger partial charge on any atom is -0.462 e. The molecule has 0 amide bonds. The fourth-order valence-corrected chi connectivity index (χ4v) is 7.46. The van der Waals surface area contributed by atoms with Crippen molar-refractivity contribution in [2.24, 2.45) is 17.8 Å². The van der Waals surface area contributed by atoms with E-state index in [0.717, 1.165) is 45.2 Å². The Morgan fingerprint density at radius 2 is 1.93 bits per heavy atom. The molecule has 28 heavy (non-hydrogen) atoms. The van der Waals surface area contributed by atoms with Gasteiger partial charge in [0.1, 0.15) is 6.10 Å². The summed E-state index contributed by atoms with van der Waals surface area (Å²) < 4.78 is 12.8. The maximum absolute atomic E-state index is 12.6. The van der Waals surface area contributed by atoms with Gasteiger partial charge in [0.25, 0.3) is 0 Å². The van der Waals surface area contributed by atoms with Gasteiger partial charge in [-0.3, -0.25) is 9.69 Å². The lowest BCUT2D eigenvalue weighted by molar-refractivity contribution is -0.288. The zero-order valence-electron chi connectivity index (χ0n) is 18.6. The summed E-state index contributed by atoms with van der Waals surface area (Å²) in [4.78, 5) is 15.1. The van der Waals surface area contributed by atoms with Crippen molar-refractivity contribution in [3.8, 4) is 0 Å². The number of hydrogen-bond acceptors (Lipinski definition) is 5. The molecule has 6 atom stereocenters. The van der Waals surface area contributed by atoms with Gasteiger partial charge in [-0.25, -0.2) is 0 Å². The Morgan fingerprint density at radius 3 is 2.61 bits per heavy atom. The van der Waals surface area contributed by atoms with Gasteiger partial charge < -0.3 is 14.3 Å². The largest absolute Gasteiger partial charge is 0.462 e. The molecule has 0 spiro atoms. The van der Waals surface area contributed by atoms with Crippen LogP contribution < -0.4 is 0 Å². The number of piperidine rings is 2. The summed E-state index contributed by atoms with van der Waals surface area (Å²) in [5.41, 5.74) is -1.28. The molecule has 0 aromatic heterocycles. The van der Waals surface area contributed by atoms with Gasteiger partial charge >= 0.3 is 5.97 Å². The first-order chi connectivity index (χ1) is 12.9. The van der Waals surface area contributed by atoms with Crippen LogP contribution in [-0.2, 0) is 14.0 Å². The molecule has 3 aliphatic heterocycles. The predicted octanol–water partition coefficient (Wildman–Crippen LogP) is 3.57. The zero-order chi connectivity index (χ0) is 20.5. The average Bonchev–Trinajstić information content (AvgIpc) is 2.60. The van der Waals surface area contributed by atoms with Crippen LogP contribution in [0.25, 0.3) is 0 Å². The smallest absolute Gasteiger partial charge is 0.309 e. The fraction of sp³-hybridized carbons (Fsp3) is 0.955. The second kappa shape index (κ2) is 6.53. The van der Waals surface area contributed by atoms with E-state index in [1.165, 1.54) is 0 Å². The van der Waals surface area contributed by atoms with E-state index < -0.39 is 19.5 Å². The lowest BCUT2D eigenvalue weighted by atomic mass is 9.49. The van der Waals surface area contributed by atoms with E-state index in [1.807, 2.05) is 6.92 Å². The molecule has 4 rings (SSSR count). The summed E-state index contributed by atoms with van der Waals surface area (Å²) in [5, 5.41) is 12.5. The Morgan fingerprint density at radius 1 is 1.25 bits per heavy atom. The highest BCUT2D eigenvalue weighted by Gasteiger charge is 2.71. The first kappa shape index (κ1) is 20.8. The van der Waals surface area contributed by atoms with Crippen LogP contribution in [0, 0.1) is 17.8 Å². The van der Waals surface area contributed by atoms with Crippen molar-refractivity contribution in [2.75, 3.05) is 19.7 Å². The Balaban J connectivity index is 1.77. The number of ether oxygens (including phenoxy) is 1. The highest BCUT2D eigenvalue weighted by atomic mass is 28.4. The Bertz CT molecular complexity index is 645. The van der Waals surface area contributed by atoms with Crippen LogP contribution in [0.4, 0.5) is 0 Å². The maximum atomic E-state index is 12.6. The molecule has 3 heterocycles. The van der Waals surface area contributed by atoms with E-state index in [2.05, 4.69) is 38.8 Å². The number of nitrogens with zero attached hydrogens (tertiary/aromatic N) is 1. The third-order valence-corrected chi connectivity index (χ3v) is 13.6. The summed E-state index contributed by atoms with van der Waals surface area (Å²) in [6.45, 7) is 15.9. The van der Waals surface area contributed by atoms with E-state index in [1.54, 1.807) is 0 Å². The molecule has 0 aromatic carbocycles. The van der Waals surface area contributed by atoms with Gasteiger partial charge in [-0.15, -0.1) is 0 Å². The quantitative estimate of drug-likeness (QED) is 0.570. The number of carbonyl (C=O) groups excluding carboxylic acids is 1. The van der Waals surface area contributed by atoms with E-state index in [9.17, 15) is 9.90 Å². The van der Waals surface area contributed by atoms with Crippen molar-refractivity contribution in [3.63, 3.8) is 0 Å². The molecule has 0 radical (unpaired) electrons. The molecule has 1 saturated carbocycles. The van der Waals surface area contributed by atoms with Crippen molar-refractivity contribution in [3.05, 3.63) is 0 Å². The van der Waals surface area contributed by atoms with Gasteiger partial charge in [0, 0.05) is 11.8 Å². The van der Waals surface area contributed by atoms with E-state index >= 15 is 0 Å². The number of esters is 1. The van der Waals surface area contributed by atoms with Crippen molar-refractivity contribution in [1.29, 1.82) is 0 Å². The second-order valence-electron chi connectivity index (χ2n) is 11.3. The van der Waals surface area contributed by atoms with Gasteiger partial charge in [-0.05, 0) is 63.3 Å². The van der Waals surface area contributed by atoms with Gasteiger partial charge in [0.15, 0.2) is 8.32 Å². The minimum absolute atomic E-state index is 0.0288. The van der Waals surface area contributed by atoms with Crippen LogP contribution in [0.1, 0.15) is 59.8 Å². The molecule has 1 aliphatic carbocycles. The number of carbonyl (C=O) groups is 1. The standard InChI is InChI=1S/C22H39NO4Si/c1-15-17-13-18(27-19(15)24)16-9-7-11-23-12-8-10-22(17,25)21(16,23)14-26-28(5,6)20(2,3)4/h15-18,25H,7-14H2,1-6H3. The first-order valence-corrected chi connectivity index (χ1v) is 14.2. The van der Waals surface area contributed by atoms with Crippen molar-refractivity contribution >= 4 is 14.3 Å². The molecule has 1 N–H and O–H groups in total. The summed E-state index contributed by atoms with van der Waals surface area (Å²) >= 11 is 0. The van der Waals surface area contributed by atoms with Crippen LogP contribution >= 0.6 is 0 Å². The van der Waals surface area contributed by atoms with E-state index in [-0.39, 0.29) is 34.9 Å². The van der Waals surface area contributed by atoms with Crippen LogP contribution in [0.2, 0.25) is 18.1 Å². The normalized spacial score (nSPS) is 44.0. The predicted molar refractivity (Wildman–Crippen MR) is 112 cm³/mol. The SMILES string of the molecule is CC1C(=O)OC2CC1C1(O)CCCN3CCCC2C31CO[Si](C)(C)C(C)(C)C. The zero-order valence-corrected chi connectivity index (χ0v) is 19.6. The van der Waals surface area contributed by atoms with Crippen molar-refractivity contribution < 1.29 is 19.1 Å². The third kappa shape index (κ3) is 2.70. The van der Waals surface area contributed by atoms with E-state index in [0.29, 0.717) is 6.61 Å². The maximum Gasteiger partial charge on any atom is 0.309 e. The van der Waals surface area contributed by atoms with Gasteiger partial charge in [-0.2, -0.15) is 0 Å². The highest BCUT2D eigenvalue weighted by molar-refractivity contribution is 6.74. The summed E-state index contributed by atoms with van der Waals surface area (Å²) in [7, 11) is -1.96. The third-order valence-electron chi connectivity index (χ3n) is 9.11. The van der Waals surface area contributed by atoms with Crippen molar-refractivity contribution in [1.82, 2.24) is 4.90 Å². The molecule has 160 valence electrons. The van der Waals surface area contributed by atoms with Gasteiger partial charge in [0.05, 0.1) is 23.7 Å². The fourth-order valence-electron chi connectivity index (χ4n) is 6.45. The Hall–Kier alpha value is -0.433. The molecule has 0 aromatic rings. The molecule has 3 saturated heterocycles. The second-order valence-corrected chi connectivity index (χ2v) is 16.2. The Kier molecular flexibility index (Phi) is 4.86. The highest BCUT2D eigenvalue weighted by Crippen LogP contribution is 2.60. The molecule has 4 aliphatic rings. The van der Waals surface area contributed by atoms with Crippen LogP contribution in [0.5, 0.6) is 0 Å². The molecular weight excluding hydrogens is 370 g/mol. The number of rotatable bonds is 3. The monoisotopic (exact) mass is 409 g/mol. The average molecular weight is 410 g/mol. The molecule has 2 bridgehead atoms. The van der Waals surface area contributed by atoms with Crippen molar-refractivity contribution in [2.45, 2.75) is 95.2 Å². The van der Waals surface area contributed by atoms with Crippen LogP contribution in [0.15, 0.2) is 0 Å². The lowest BCUT2D eigenvalue weighted by Gasteiger charge is -2.70. The Labute approximate surface area is 171 Å². The molecule has 6 heteroatoms. The molecular formula is C22H39NO4Si.